The third-order valence-electron chi connectivity index (χ3n) is 2.09. The molecule has 6 heteroatoms. The molecule has 0 atom stereocenters. The maximum atomic E-state index is 12.7. The van der Waals surface area contributed by atoms with Crippen LogP contribution in [0.15, 0.2) is 18.2 Å². The molecular weight excluding hydrogens is 237 g/mol. The van der Waals surface area contributed by atoms with Gasteiger partial charge in [0.05, 0.1) is 18.8 Å². The fourth-order valence-corrected chi connectivity index (χ4v) is 1.27. The topological polar surface area (TPSA) is 49.7 Å². The third kappa shape index (κ3) is 3.90. The van der Waals surface area contributed by atoms with Gasteiger partial charge in [-0.15, -0.1) is 0 Å². The van der Waals surface area contributed by atoms with Gasteiger partial charge in [0.2, 0.25) is 0 Å². The molecule has 1 aromatic rings. The van der Waals surface area contributed by atoms with Gasteiger partial charge in [-0.3, -0.25) is 0 Å². The summed E-state index contributed by atoms with van der Waals surface area (Å²) < 4.78 is 42.9. The number of benzene rings is 1. The SMILES string of the molecule is OCCCOc1ccc(CO)cc1C(F)(F)F. The zero-order valence-corrected chi connectivity index (χ0v) is 9.00. The molecule has 3 nitrogen and oxygen atoms in total. The minimum Gasteiger partial charge on any atom is -0.493 e. The van der Waals surface area contributed by atoms with Crippen LogP contribution in [0.5, 0.6) is 5.75 Å². The lowest BCUT2D eigenvalue weighted by atomic mass is 10.1. The van der Waals surface area contributed by atoms with Crippen molar-refractivity contribution in [1.82, 2.24) is 0 Å². The zero-order valence-electron chi connectivity index (χ0n) is 9.00. The van der Waals surface area contributed by atoms with E-state index in [-0.39, 0.29) is 30.9 Å². The summed E-state index contributed by atoms with van der Waals surface area (Å²) in [5, 5.41) is 17.3. The van der Waals surface area contributed by atoms with Gasteiger partial charge < -0.3 is 14.9 Å². The highest BCUT2D eigenvalue weighted by Crippen LogP contribution is 2.36. The average Bonchev–Trinajstić information content (AvgIpc) is 2.28. The fraction of sp³-hybridized carbons (Fsp3) is 0.455. The largest absolute Gasteiger partial charge is 0.493 e. The van der Waals surface area contributed by atoms with Gasteiger partial charge in [-0.1, -0.05) is 6.07 Å². The summed E-state index contributed by atoms with van der Waals surface area (Å²) >= 11 is 0. The van der Waals surface area contributed by atoms with E-state index in [9.17, 15) is 13.2 Å². The molecule has 0 bridgehead atoms. The second kappa shape index (κ2) is 5.88. The normalized spacial score (nSPS) is 11.6. The van der Waals surface area contributed by atoms with Gasteiger partial charge >= 0.3 is 6.18 Å². The molecule has 1 aromatic carbocycles. The second-order valence-electron chi connectivity index (χ2n) is 3.41. The van der Waals surface area contributed by atoms with Crippen LogP contribution in [-0.4, -0.2) is 23.4 Å². The number of hydrogen-bond donors (Lipinski definition) is 2. The summed E-state index contributed by atoms with van der Waals surface area (Å²) in [4.78, 5) is 0. The van der Waals surface area contributed by atoms with Crippen molar-refractivity contribution in [2.45, 2.75) is 19.2 Å². The highest BCUT2D eigenvalue weighted by atomic mass is 19.4. The monoisotopic (exact) mass is 250 g/mol. The van der Waals surface area contributed by atoms with E-state index in [2.05, 4.69) is 0 Å². The Bertz CT molecular complexity index is 363. The predicted molar refractivity (Wildman–Crippen MR) is 54.6 cm³/mol. The van der Waals surface area contributed by atoms with Crippen LogP contribution in [0, 0.1) is 0 Å². The van der Waals surface area contributed by atoms with Crippen molar-refractivity contribution >= 4 is 0 Å². The standard InChI is InChI=1S/C11H13F3O3/c12-11(13,14)9-6-8(7-16)2-3-10(9)17-5-1-4-15/h2-3,6,15-16H,1,4-5,7H2. The molecule has 0 aromatic heterocycles. The quantitative estimate of drug-likeness (QED) is 0.785. The van der Waals surface area contributed by atoms with Crippen molar-refractivity contribution in [2.75, 3.05) is 13.2 Å². The minimum absolute atomic E-state index is 0.0120. The molecular formula is C11H13F3O3. The van der Waals surface area contributed by atoms with Crippen molar-refractivity contribution in [2.24, 2.45) is 0 Å². The third-order valence-corrected chi connectivity index (χ3v) is 2.09. The molecule has 0 amide bonds. The Kier molecular flexibility index (Phi) is 4.77. The lowest BCUT2D eigenvalue weighted by Gasteiger charge is -2.14. The molecule has 0 aliphatic heterocycles. The molecule has 0 fully saturated rings. The van der Waals surface area contributed by atoms with Crippen LogP contribution in [0.2, 0.25) is 0 Å². The Balaban J connectivity index is 2.95. The smallest absolute Gasteiger partial charge is 0.419 e. The highest BCUT2D eigenvalue weighted by Gasteiger charge is 2.34. The first-order chi connectivity index (χ1) is 7.99. The van der Waals surface area contributed by atoms with Crippen LogP contribution in [0.25, 0.3) is 0 Å². The average molecular weight is 250 g/mol. The van der Waals surface area contributed by atoms with E-state index in [4.69, 9.17) is 14.9 Å². The zero-order chi connectivity index (χ0) is 12.9. The maximum Gasteiger partial charge on any atom is 0.419 e. The molecule has 0 spiro atoms. The van der Waals surface area contributed by atoms with Gasteiger partial charge in [0.25, 0.3) is 0 Å². The van der Waals surface area contributed by atoms with E-state index in [1.807, 2.05) is 0 Å². The van der Waals surface area contributed by atoms with E-state index in [1.165, 1.54) is 12.1 Å². The van der Waals surface area contributed by atoms with E-state index in [0.717, 1.165) is 6.07 Å². The van der Waals surface area contributed by atoms with Crippen LogP contribution >= 0.6 is 0 Å². The van der Waals surface area contributed by atoms with E-state index >= 15 is 0 Å². The molecule has 0 unspecified atom stereocenters. The Hall–Kier alpha value is -1.27. The molecule has 1 rings (SSSR count). The van der Waals surface area contributed by atoms with E-state index < -0.39 is 18.3 Å². The van der Waals surface area contributed by atoms with E-state index in [0.29, 0.717) is 0 Å². The molecule has 2 N–H and O–H groups in total. The van der Waals surface area contributed by atoms with Crippen molar-refractivity contribution in [3.8, 4) is 5.75 Å². The first-order valence-electron chi connectivity index (χ1n) is 5.03. The van der Waals surface area contributed by atoms with Gasteiger partial charge in [0, 0.05) is 13.0 Å². The van der Waals surface area contributed by atoms with Crippen molar-refractivity contribution < 1.29 is 28.1 Å². The van der Waals surface area contributed by atoms with Crippen LogP contribution in [0.1, 0.15) is 17.5 Å². The lowest BCUT2D eigenvalue weighted by molar-refractivity contribution is -0.139. The Morgan fingerprint density at radius 2 is 1.88 bits per heavy atom. The maximum absolute atomic E-state index is 12.7. The van der Waals surface area contributed by atoms with Gasteiger partial charge in [0.15, 0.2) is 0 Å². The molecule has 0 radical (unpaired) electrons. The molecule has 0 heterocycles. The number of hydrogen-bond acceptors (Lipinski definition) is 3. The summed E-state index contributed by atoms with van der Waals surface area (Å²) in [6, 6.07) is 3.39. The van der Waals surface area contributed by atoms with Crippen LogP contribution < -0.4 is 4.74 Å². The Morgan fingerprint density at radius 1 is 1.18 bits per heavy atom. The number of halogens is 3. The van der Waals surface area contributed by atoms with Gasteiger partial charge in [0.1, 0.15) is 5.75 Å². The van der Waals surface area contributed by atoms with Gasteiger partial charge in [-0.05, 0) is 17.7 Å². The highest BCUT2D eigenvalue weighted by molar-refractivity contribution is 5.39. The minimum atomic E-state index is -4.53. The second-order valence-corrected chi connectivity index (χ2v) is 3.41. The number of ether oxygens (including phenoxy) is 1. The van der Waals surface area contributed by atoms with Crippen molar-refractivity contribution in [3.05, 3.63) is 29.3 Å². The van der Waals surface area contributed by atoms with Crippen molar-refractivity contribution in [3.63, 3.8) is 0 Å². The number of aliphatic hydroxyl groups is 2. The van der Waals surface area contributed by atoms with Crippen molar-refractivity contribution in [1.29, 1.82) is 0 Å². The Morgan fingerprint density at radius 3 is 2.41 bits per heavy atom. The van der Waals surface area contributed by atoms with Gasteiger partial charge in [-0.2, -0.15) is 13.2 Å². The molecule has 0 aliphatic rings. The number of rotatable bonds is 5. The Labute approximate surface area is 96.5 Å². The van der Waals surface area contributed by atoms with E-state index in [1.54, 1.807) is 0 Å². The molecule has 0 saturated heterocycles. The summed E-state index contributed by atoms with van der Waals surface area (Å²) in [6.45, 7) is -0.589. The van der Waals surface area contributed by atoms with Crippen LogP contribution in [-0.2, 0) is 12.8 Å². The van der Waals surface area contributed by atoms with Crippen LogP contribution in [0.3, 0.4) is 0 Å². The van der Waals surface area contributed by atoms with Gasteiger partial charge in [-0.25, -0.2) is 0 Å². The predicted octanol–water partition coefficient (Wildman–Crippen LogP) is 1.96. The summed E-state index contributed by atoms with van der Waals surface area (Å²) in [6.07, 6.45) is -4.27. The molecule has 17 heavy (non-hydrogen) atoms. The lowest BCUT2D eigenvalue weighted by Crippen LogP contribution is -2.10. The summed E-state index contributed by atoms with van der Waals surface area (Å²) in [5.41, 5.74) is -0.742. The first kappa shape index (κ1) is 13.8. The molecule has 0 aliphatic carbocycles. The number of alkyl halides is 3. The first-order valence-corrected chi connectivity index (χ1v) is 5.03. The molecule has 96 valence electrons. The summed E-state index contributed by atoms with van der Waals surface area (Å²) in [5.74, 6) is -0.289. The summed E-state index contributed by atoms with van der Waals surface area (Å²) in [7, 11) is 0. The fourth-order valence-electron chi connectivity index (χ4n) is 1.27. The number of aliphatic hydroxyl groups excluding tert-OH is 2. The molecule has 0 saturated carbocycles. The van der Waals surface area contributed by atoms with Crippen LogP contribution in [0.4, 0.5) is 13.2 Å².